The second-order valence-electron chi connectivity index (χ2n) is 4.76. The molecule has 1 aliphatic rings. The van der Waals surface area contributed by atoms with E-state index in [4.69, 9.17) is 11.6 Å². The summed E-state index contributed by atoms with van der Waals surface area (Å²) < 4.78 is 0. The van der Waals surface area contributed by atoms with Gasteiger partial charge in [0, 0.05) is 16.6 Å². The lowest BCUT2D eigenvalue weighted by Crippen LogP contribution is -2.00. The molecular formula is C17H16ClNS. The standard InChI is InChI=1S/C17H16ClNS/c1-4-6-13(9-19)15-10-20-17-14(11(2)12(15)3)7-5-8-16(17)18/h4-8,11H,1,10H2,2-3H3/b13-6-. The Morgan fingerprint density at radius 2 is 2.30 bits per heavy atom. The number of benzene rings is 1. The summed E-state index contributed by atoms with van der Waals surface area (Å²) in [5.41, 5.74) is 4.26. The fraction of sp³-hybridized carbons (Fsp3) is 0.235. The van der Waals surface area contributed by atoms with Crippen molar-refractivity contribution >= 4 is 23.4 Å². The number of fused-ring (bicyclic) bond motifs is 1. The third kappa shape index (κ3) is 2.70. The van der Waals surface area contributed by atoms with E-state index in [1.54, 1.807) is 23.9 Å². The van der Waals surface area contributed by atoms with Crippen LogP contribution in [0.5, 0.6) is 0 Å². The lowest BCUT2D eigenvalue weighted by Gasteiger charge is -2.16. The van der Waals surface area contributed by atoms with Gasteiger partial charge >= 0.3 is 0 Å². The van der Waals surface area contributed by atoms with E-state index in [2.05, 4.69) is 32.6 Å². The number of allylic oxidation sites excluding steroid dienone is 4. The molecule has 1 nitrogen and oxygen atoms in total. The van der Waals surface area contributed by atoms with Gasteiger partial charge in [-0.25, -0.2) is 0 Å². The van der Waals surface area contributed by atoms with Gasteiger partial charge in [-0.15, -0.1) is 11.8 Å². The molecule has 0 N–H and O–H groups in total. The van der Waals surface area contributed by atoms with Crippen molar-refractivity contribution in [3.63, 3.8) is 0 Å². The first-order chi connectivity index (χ1) is 9.60. The maximum atomic E-state index is 9.34. The molecule has 102 valence electrons. The summed E-state index contributed by atoms with van der Waals surface area (Å²) in [5.74, 6) is 1.02. The number of hydrogen-bond donors (Lipinski definition) is 0. The number of hydrogen-bond acceptors (Lipinski definition) is 2. The van der Waals surface area contributed by atoms with Crippen LogP contribution in [-0.4, -0.2) is 5.75 Å². The molecule has 0 amide bonds. The van der Waals surface area contributed by atoms with E-state index in [1.165, 1.54) is 11.1 Å². The normalized spacial score (nSPS) is 19.1. The molecular weight excluding hydrogens is 286 g/mol. The van der Waals surface area contributed by atoms with Crippen LogP contribution in [-0.2, 0) is 0 Å². The van der Waals surface area contributed by atoms with E-state index in [9.17, 15) is 5.26 Å². The van der Waals surface area contributed by atoms with E-state index in [0.29, 0.717) is 5.57 Å². The molecule has 1 heterocycles. The van der Waals surface area contributed by atoms with Crippen molar-refractivity contribution in [2.75, 3.05) is 5.75 Å². The van der Waals surface area contributed by atoms with Crippen molar-refractivity contribution in [3.8, 4) is 6.07 Å². The highest BCUT2D eigenvalue weighted by Crippen LogP contribution is 2.43. The monoisotopic (exact) mass is 301 g/mol. The Hall–Kier alpha value is -1.43. The van der Waals surface area contributed by atoms with Crippen molar-refractivity contribution in [3.05, 3.63) is 64.2 Å². The van der Waals surface area contributed by atoms with Crippen LogP contribution in [0.15, 0.2) is 58.5 Å². The SMILES string of the molecule is C=C/C=C(/C#N)C1=C(C)C(C)c2cccc(Cl)c2SC1. The molecule has 0 aliphatic carbocycles. The molecule has 0 bridgehead atoms. The molecule has 0 fully saturated rings. The molecule has 3 heteroatoms. The molecule has 0 saturated heterocycles. The third-order valence-corrected chi connectivity index (χ3v) is 5.28. The minimum absolute atomic E-state index is 0.260. The fourth-order valence-electron chi connectivity index (χ4n) is 2.38. The molecule has 20 heavy (non-hydrogen) atoms. The molecule has 1 aliphatic heterocycles. The molecule has 2 rings (SSSR count). The van der Waals surface area contributed by atoms with E-state index in [0.717, 1.165) is 21.2 Å². The van der Waals surface area contributed by atoms with Crippen LogP contribution in [0.4, 0.5) is 0 Å². The number of nitrogens with zero attached hydrogens (tertiary/aromatic N) is 1. The Labute approximate surface area is 129 Å². The van der Waals surface area contributed by atoms with Crippen LogP contribution < -0.4 is 0 Å². The molecule has 0 saturated carbocycles. The van der Waals surface area contributed by atoms with Gasteiger partial charge in [-0.1, -0.05) is 48.9 Å². The minimum Gasteiger partial charge on any atom is -0.192 e. The smallest absolute Gasteiger partial charge is 0.0994 e. The lowest BCUT2D eigenvalue weighted by molar-refractivity contribution is 0.863. The second kappa shape index (κ2) is 6.35. The van der Waals surface area contributed by atoms with Crippen LogP contribution in [0, 0.1) is 11.3 Å². The van der Waals surface area contributed by atoms with Crippen molar-refractivity contribution in [2.45, 2.75) is 24.7 Å². The largest absolute Gasteiger partial charge is 0.192 e. The first kappa shape index (κ1) is 15.0. The zero-order chi connectivity index (χ0) is 14.7. The lowest BCUT2D eigenvalue weighted by atomic mass is 9.89. The van der Waals surface area contributed by atoms with Gasteiger partial charge in [0.1, 0.15) is 0 Å². The van der Waals surface area contributed by atoms with Crippen LogP contribution in [0.3, 0.4) is 0 Å². The predicted molar refractivity (Wildman–Crippen MR) is 87.2 cm³/mol. The van der Waals surface area contributed by atoms with Gasteiger partial charge in [0.05, 0.1) is 16.7 Å². The maximum absolute atomic E-state index is 9.34. The number of halogens is 1. The molecule has 1 unspecified atom stereocenters. The Bertz CT molecular complexity index is 649. The highest BCUT2D eigenvalue weighted by molar-refractivity contribution is 7.99. The topological polar surface area (TPSA) is 23.8 Å². The van der Waals surface area contributed by atoms with E-state index < -0.39 is 0 Å². The van der Waals surface area contributed by atoms with Crippen LogP contribution in [0.25, 0.3) is 0 Å². The molecule has 0 radical (unpaired) electrons. The van der Waals surface area contributed by atoms with Crippen LogP contribution >= 0.6 is 23.4 Å². The quantitative estimate of drug-likeness (QED) is 0.532. The van der Waals surface area contributed by atoms with Crippen molar-refractivity contribution in [1.82, 2.24) is 0 Å². The third-order valence-electron chi connectivity index (χ3n) is 3.68. The summed E-state index contributed by atoms with van der Waals surface area (Å²) in [5, 5.41) is 10.1. The van der Waals surface area contributed by atoms with Gasteiger partial charge in [-0.3, -0.25) is 0 Å². The maximum Gasteiger partial charge on any atom is 0.0994 e. The highest BCUT2D eigenvalue weighted by atomic mass is 35.5. The average molecular weight is 302 g/mol. The molecule has 1 aromatic rings. The Morgan fingerprint density at radius 1 is 1.55 bits per heavy atom. The van der Waals surface area contributed by atoms with E-state index >= 15 is 0 Å². The second-order valence-corrected chi connectivity index (χ2v) is 6.15. The van der Waals surface area contributed by atoms with E-state index in [-0.39, 0.29) is 5.92 Å². The van der Waals surface area contributed by atoms with Gasteiger partial charge in [0.2, 0.25) is 0 Å². The zero-order valence-electron chi connectivity index (χ0n) is 11.6. The summed E-state index contributed by atoms with van der Waals surface area (Å²) in [4.78, 5) is 1.13. The van der Waals surface area contributed by atoms with Gasteiger partial charge in [0.15, 0.2) is 0 Å². The van der Waals surface area contributed by atoms with Crippen LogP contribution in [0.2, 0.25) is 5.02 Å². The number of thioether (sulfide) groups is 1. The molecule has 1 atom stereocenters. The first-order valence-electron chi connectivity index (χ1n) is 6.44. The van der Waals surface area contributed by atoms with Crippen LogP contribution in [0.1, 0.15) is 25.3 Å². The van der Waals surface area contributed by atoms with Gasteiger partial charge in [0.25, 0.3) is 0 Å². The van der Waals surface area contributed by atoms with Gasteiger partial charge in [-0.05, 0) is 30.2 Å². The average Bonchev–Trinajstić information content (AvgIpc) is 2.57. The molecule has 1 aromatic carbocycles. The van der Waals surface area contributed by atoms with E-state index in [1.807, 2.05) is 12.1 Å². The zero-order valence-corrected chi connectivity index (χ0v) is 13.2. The summed E-state index contributed by atoms with van der Waals surface area (Å²) in [6.07, 6.45) is 3.45. The summed E-state index contributed by atoms with van der Waals surface area (Å²) in [7, 11) is 0. The summed E-state index contributed by atoms with van der Waals surface area (Å²) in [6.45, 7) is 7.95. The van der Waals surface area contributed by atoms with Crippen molar-refractivity contribution in [1.29, 1.82) is 5.26 Å². The van der Waals surface area contributed by atoms with Gasteiger partial charge < -0.3 is 0 Å². The highest BCUT2D eigenvalue weighted by Gasteiger charge is 2.23. The summed E-state index contributed by atoms with van der Waals surface area (Å²) >= 11 is 8.02. The van der Waals surface area contributed by atoms with Gasteiger partial charge in [-0.2, -0.15) is 5.26 Å². The number of rotatable bonds is 2. The first-order valence-corrected chi connectivity index (χ1v) is 7.80. The Kier molecular flexibility index (Phi) is 4.75. The predicted octanol–water partition coefficient (Wildman–Crippen LogP) is 5.50. The Morgan fingerprint density at radius 3 is 2.95 bits per heavy atom. The van der Waals surface area contributed by atoms with Crippen molar-refractivity contribution in [2.24, 2.45) is 0 Å². The summed E-state index contributed by atoms with van der Waals surface area (Å²) in [6, 6.07) is 8.31. The molecule has 0 spiro atoms. The Balaban J connectivity index is 2.55. The molecule has 0 aromatic heterocycles. The number of nitriles is 1. The van der Waals surface area contributed by atoms with Crippen molar-refractivity contribution < 1.29 is 0 Å². The minimum atomic E-state index is 0.260. The fourth-order valence-corrected chi connectivity index (χ4v) is 4.02.